The van der Waals surface area contributed by atoms with Gasteiger partial charge < -0.3 is 10.4 Å². The highest BCUT2D eigenvalue weighted by atomic mass is 35.5. The van der Waals surface area contributed by atoms with E-state index in [1.807, 2.05) is 0 Å². The fraction of sp³-hybridized carbons (Fsp3) is 0.0667. The zero-order valence-corrected chi connectivity index (χ0v) is 12.5. The number of carbonyl (C=O) groups excluding carboxylic acids is 1. The van der Waals surface area contributed by atoms with Crippen LogP contribution in [0, 0.1) is 6.92 Å². The number of aromatic carboxylic acids is 1. The van der Waals surface area contributed by atoms with Crippen LogP contribution in [0.25, 0.3) is 0 Å². The van der Waals surface area contributed by atoms with E-state index in [4.69, 9.17) is 28.3 Å². The van der Waals surface area contributed by atoms with Crippen molar-refractivity contribution in [1.29, 1.82) is 0 Å². The van der Waals surface area contributed by atoms with Gasteiger partial charge >= 0.3 is 5.97 Å². The maximum absolute atomic E-state index is 12.2. The van der Waals surface area contributed by atoms with Crippen molar-refractivity contribution in [3.63, 3.8) is 0 Å². The van der Waals surface area contributed by atoms with Gasteiger partial charge in [0, 0.05) is 10.7 Å². The molecule has 1 amide bonds. The van der Waals surface area contributed by atoms with Gasteiger partial charge in [0.05, 0.1) is 16.1 Å². The van der Waals surface area contributed by atoms with Crippen LogP contribution >= 0.6 is 23.2 Å². The fourth-order valence-electron chi connectivity index (χ4n) is 1.87. The van der Waals surface area contributed by atoms with E-state index >= 15 is 0 Å². The van der Waals surface area contributed by atoms with Crippen LogP contribution in [0.5, 0.6) is 0 Å². The van der Waals surface area contributed by atoms with Crippen molar-refractivity contribution in [3.8, 4) is 0 Å². The molecule has 0 saturated heterocycles. The molecule has 0 spiro atoms. The number of nitrogens with one attached hydrogen (secondary N) is 1. The number of amides is 1. The summed E-state index contributed by atoms with van der Waals surface area (Å²) in [5, 5.41) is 12.4. The Balaban J connectivity index is 2.32. The molecule has 21 heavy (non-hydrogen) atoms. The number of halogens is 2. The number of anilines is 1. The van der Waals surface area contributed by atoms with Crippen molar-refractivity contribution < 1.29 is 14.7 Å². The average Bonchev–Trinajstić information content (AvgIpc) is 2.40. The molecule has 0 bridgehead atoms. The quantitative estimate of drug-likeness (QED) is 0.887. The third-order valence-corrected chi connectivity index (χ3v) is 3.54. The van der Waals surface area contributed by atoms with Crippen molar-refractivity contribution >= 4 is 40.8 Å². The van der Waals surface area contributed by atoms with Gasteiger partial charge in [-0.15, -0.1) is 0 Å². The number of hydrogen-bond acceptors (Lipinski definition) is 2. The molecule has 0 aromatic heterocycles. The van der Waals surface area contributed by atoms with Crippen LogP contribution < -0.4 is 5.32 Å². The van der Waals surface area contributed by atoms with Gasteiger partial charge in [-0.2, -0.15) is 0 Å². The topological polar surface area (TPSA) is 66.4 Å². The second-order valence-electron chi connectivity index (χ2n) is 4.36. The lowest BCUT2D eigenvalue weighted by Gasteiger charge is -2.11. The fourth-order valence-corrected chi connectivity index (χ4v) is 2.36. The summed E-state index contributed by atoms with van der Waals surface area (Å²) in [5.41, 5.74) is 1.30. The Bertz CT molecular complexity index is 729. The summed E-state index contributed by atoms with van der Waals surface area (Å²) in [6.45, 7) is 1.63. The van der Waals surface area contributed by atoms with Crippen molar-refractivity contribution in [2.75, 3.05) is 5.32 Å². The van der Waals surface area contributed by atoms with E-state index in [-0.39, 0.29) is 16.1 Å². The minimum atomic E-state index is -1.05. The zero-order chi connectivity index (χ0) is 15.6. The Morgan fingerprint density at radius 2 is 1.81 bits per heavy atom. The number of rotatable bonds is 3. The Morgan fingerprint density at radius 3 is 2.43 bits per heavy atom. The molecule has 0 aliphatic carbocycles. The van der Waals surface area contributed by atoms with Crippen molar-refractivity contribution in [3.05, 3.63) is 63.1 Å². The van der Waals surface area contributed by atoms with Crippen LogP contribution in [0.15, 0.2) is 36.4 Å². The molecule has 0 radical (unpaired) electrons. The summed E-state index contributed by atoms with van der Waals surface area (Å²) in [4.78, 5) is 23.3. The monoisotopic (exact) mass is 323 g/mol. The van der Waals surface area contributed by atoms with Gasteiger partial charge in [-0.1, -0.05) is 29.3 Å². The van der Waals surface area contributed by atoms with Crippen molar-refractivity contribution in [1.82, 2.24) is 0 Å². The zero-order valence-electron chi connectivity index (χ0n) is 11.0. The molecule has 0 fully saturated rings. The highest BCUT2D eigenvalue weighted by Gasteiger charge is 2.15. The smallest absolute Gasteiger partial charge is 0.336 e. The highest BCUT2D eigenvalue weighted by Crippen LogP contribution is 2.24. The first kappa shape index (κ1) is 15.4. The van der Waals surface area contributed by atoms with Crippen LogP contribution in [0.2, 0.25) is 10.0 Å². The summed E-state index contributed by atoms with van der Waals surface area (Å²) in [6, 6.07) is 9.21. The van der Waals surface area contributed by atoms with Crippen LogP contribution in [-0.4, -0.2) is 17.0 Å². The van der Waals surface area contributed by atoms with Gasteiger partial charge in [0.25, 0.3) is 5.91 Å². The van der Waals surface area contributed by atoms with Crippen LogP contribution in [-0.2, 0) is 0 Å². The second-order valence-corrected chi connectivity index (χ2v) is 5.21. The molecule has 0 aliphatic rings. The van der Waals surface area contributed by atoms with E-state index in [0.717, 1.165) is 0 Å². The molecule has 0 saturated carbocycles. The largest absolute Gasteiger partial charge is 0.478 e. The first-order valence-electron chi connectivity index (χ1n) is 5.99. The summed E-state index contributed by atoms with van der Waals surface area (Å²) in [6.07, 6.45) is 0. The van der Waals surface area contributed by atoms with Gasteiger partial charge in [0.2, 0.25) is 0 Å². The maximum Gasteiger partial charge on any atom is 0.336 e. The van der Waals surface area contributed by atoms with Gasteiger partial charge in [0.15, 0.2) is 0 Å². The Kier molecular flexibility index (Phi) is 4.50. The Morgan fingerprint density at radius 1 is 1.10 bits per heavy atom. The molecule has 0 aliphatic heterocycles. The molecule has 108 valence electrons. The minimum absolute atomic E-state index is 0.134. The number of carbonyl (C=O) groups is 2. The molecule has 2 rings (SSSR count). The Hall–Kier alpha value is -2.04. The summed E-state index contributed by atoms with van der Waals surface area (Å²) in [7, 11) is 0. The van der Waals surface area contributed by atoms with Crippen LogP contribution in [0.3, 0.4) is 0 Å². The number of hydrogen-bond donors (Lipinski definition) is 2. The van der Waals surface area contributed by atoms with Crippen LogP contribution in [0.1, 0.15) is 26.3 Å². The Labute approximate surface area is 131 Å². The average molecular weight is 324 g/mol. The predicted molar refractivity (Wildman–Crippen MR) is 82.6 cm³/mol. The van der Waals surface area contributed by atoms with Gasteiger partial charge in [-0.25, -0.2) is 4.79 Å². The molecular weight excluding hydrogens is 313 g/mol. The van der Waals surface area contributed by atoms with Crippen LogP contribution in [0.4, 0.5) is 5.69 Å². The van der Waals surface area contributed by atoms with Gasteiger partial charge in [-0.05, 0) is 42.8 Å². The molecule has 6 heteroatoms. The summed E-state index contributed by atoms with van der Waals surface area (Å²) >= 11 is 11.8. The molecule has 0 unspecified atom stereocenters. The highest BCUT2D eigenvalue weighted by molar-refractivity contribution is 6.37. The van der Waals surface area contributed by atoms with E-state index in [0.29, 0.717) is 16.3 Å². The molecule has 0 atom stereocenters. The molecule has 2 aromatic carbocycles. The lowest BCUT2D eigenvalue weighted by atomic mass is 10.1. The molecular formula is C15H11Cl2NO3. The van der Waals surface area contributed by atoms with E-state index in [9.17, 15) is 9.59 Å². The van der Waals surface area contributed by atoms with Crippen molar-refractivity contribution in [2.24, 2.45) is 0 Å². The molecule has 2 N–H and O–H groups in total. The van der Waals surface area contributed by atoms with E-state index in [1.165, 1.54) is 18.2 Å². The van der Waals surface area contributed by atoms with E-state index < -0.39 is 11.9 Å². The lowest BCUT2D eigenvalue weighted by molar-refractivity contribution is 0.0695. The third kappa shape index (κ3) is 3.35. The van der Waals surface area contributed by atoms with E-state index in [1.54, 1.807) is 25.1 Å². The van der Waals surface area contributed by atoms with Gasteiger partial charge in [-0.3, -0.25) is 4.79 Å². The molecule has 4 nitrogen and oxygen atoms in total. The van der Waals surface area contributed by atoms with E-state index in [2.05, 4.69) is 5.32 Å². The lowest BCUT2D eigenvalue weighted by Crippen LogP contribution is -2.14. The molecule has 2 aromatic rings. The summed E-state index contributed by atoms with van der Waals surface area (Å²) in [5.74, 6) is -1.48. The second kappa shape index (κ2) is 6.16. The first-order valence-corrected chi connectivity index (χ1v) is 6.75. The standard InChI is InChI=1S/C15H11Cl2NO3/c1-8-10(15(20)21)3-2-4-13(8)18-14(19)11-6-5-9(16)7-12(11)17/h2-7H,1H3,(H,18,19)(H,20,21). The maximum atomic E-state index is 12.2. The van der Waals surface area contributed by atoms with Gasteiger partial charge in [0.1, 0.15) is 0 Å². The third-order valence-electron chi connectivity index (χ3n) is 2.99. The SMILES string of the molecule is Cc1c(NC(=O)c2ccc(Cl)cc2Cl)cccc1C(=O)O. The van der Waals surface area contributed by atoms with Crippen molar-refractivity contribution in [2.45, 2.75) is 6.92 Å². The first-order chi connectivity index (χ1) is 9.90. The normalized spacial score (nSPS) is 10.2. The number of carboxylic acid groups (broad SMARTS) is 1. The number of benzene rings is 2. The molecule has 0 heterocycles. The summed E-state index contributed by atoms with van der Waals surface area (Å²) < 4.78 is 0. The predicted octanol–water partition coefficient (Wildman–Crippen LogP) is 4.25. The minimum Gasteiger partial charge on any atom is -0.478 e. The number of carboxylic acids is 1.